The molecule has 2 N–H and O–H groups in total. The Kier molecular flexibility index (Phi) is 7.22. The van der Waals surface area contributed by atoms with Gasteiger partial charge < -0.3 is 9.73 Å². The summed E-state index contributed by atoms with van der Waals surface area (Å²) in [4.78, 5) is 15.9. The number of halogens is 4. The number of alkyl halides is 3. The van der Waals surface area contributed by atoms with Crippen LogP contribution in [0, 0.1) is 0 Å². The highest BCUT2D eigenvalue weighted by atomic mass is 35.5. The normalized spacial score (nSPS) is 12.0. The lowest BCUT2D eigenvalue weighted by molar-refractivity contribution is -0.121. The molecular formula is C20H17ClF3N3O4S. The topological polar surface area (TPSA) is 101 Å². The highest BCUT2D eigenvalue weighted by molar-refractivity contribution is 7.89. The van der Waals surface area contributed by atoms with Crippen LogP contribution in [0.1, 0.15) is 12.3 Å². The van der Waals surface area contributed by atoms with Crippen molar-refractivity contribution in [1.82, 2.24) is 9.71 Å². The molecule has 1 amide bonds. The van der Waals surface area contributed by atoms with Crippen LogP contribution in [0.15, 0.2) is 64.0 Å². The van der Waals surface area contributed by atoms with Gasteiger partial charge in [0.2, 0.25) is 15.9 Å². The summed E-state index contributed by atoms with van der Waals surface area (Å²) in [5, 5.41) is 3.08. The molecule has 0 bridgehead atoms. The van der Waals surface area contributed by atoms with Gasteiger partial charge in [-0.3, -0.25) is 4.79 Å². The zero-order valence-electron chi connectivity index (χ0n) is 16.3. The van der Waals surface area contributed by atoms with E-state index in [9.17, 15) is 26.4 Å². The van der Waals surface area contributed by atoms with Gasteiger partial charge in [0, 0.05) is 24.1 Å². The van der Waals surface area contributed by atoms with Crippen LogP contribution in [0.4, 0.5) is 18.9 Å². The van der Waals surface area contributed by atoms with E-state index in [2.05, 4.69) is 10.3 Å². The molecule has 7 nitrogen and oxygen atoms in total. The second-order valence-electron chi connectivity index (χ2n) is 6.61. The van der Waals surface area contributed by atoms with Gasteiger partial charge in [-0.1, -0.05) is 23.7 Å². The van der Waals surface area contributed by atoms with Crippen LogP contribution < -0.4 is 10.0 Å². The van der Waals surface area contributed by atoms with Gasteiger partial charge in [-0.25, -0.2) is 18.1 Å². The van der Waals surface area contributed by atoms with Crippen LogP contribution in [0.5, 0.6) is 0 Å². The Morgan fingerprint density at radius 3 is 2.44 bits per heavy atom. The molecule has 0 atom stereocenters. The Bertz CT molecular complexity index is 1200. The number of aromatic nitrogens is 1. The van der Waals surface area contributed by atoms with E-state index in [0.717, 1.165) is 12.1 Å². The van der Waals surface area contributed by atoms with E-state index >= 15 is 0 Å². The maximum Gasteiger partial charge on any atom is 0.402 e. The second-order valence-corrected chi connectivity index (χ2v) is 8.78. The van der Waals surface area contributed by atoms with Gasteiger partial charge in [0.05, 0.1) is 16.1 Å². The number of amides is 1. The fourth-order valence-corrected chi connectivity index (χ4v) is 3.88. The molecule has 0 saturated carbocycles. The average molecular weight is 488 g/mol. The van der Waals surface area contributed by atoms with E-state index < -0.39 is 22.7 Å². The van der Waals surface area contributed by atoms with Crippen LogP contribution in [-0.4, -0.2) is 32.0 Å². The number of benzene rings is 2. The Morgan fingerprint density at radius 1 is 1.09 bits per heavy atom. The number of anilines is 1. The Morgan fingerprint density at radius 2 is 1.78 bits per heavy atom. The standard InChI is InChI=1S/C20H17ClF3N3O4S/c21-16-4-2-1-3-15(16)17-11-25-19(31-17)10-9-18(28)27-13-5-7-14(8-6-13)32(29,30)26-12-20(22,23)24/h1-8,11,26H,9-10,12H2,(H,27,28). The van der Waals surface area contributed by atoms with Crippen molar-refractivity contribution in [3.05, 3.63) is 65.6 Å². The molecule has 0 fully saturated rings. The maximum absolute atomic E-state index is 12.2. The highest BCUT2D eigenvalue weighted by Crippen LogP contribution is 2.28. The molecule has 12 heteroatoms. The van der Waals surface area contributed by atoms with Crippen LogP contribution in [0.2, 0.25) is 5.02 Å². The van der Waals surface area contributed by atoms with Crippen molar-refractivity contribution < 1.29 is 30.8 Å². The van der Waals surface area contributed by atoms with Gasteiger partial charge in [-0.05, 0) is 36.4 Å². The zero-order valence-corrected chi connectivity index (χ0v) is 17.9. The van der Waals surface area contributed by atoms with Crippen LogP contribution in [0.3, 0.4) is 0 Å². The van der Waals surface area contributed by atoms with Gasteiger partial charge in [0.1, 0.15) is 6.54 Å². The molecular weight excluding hydrogens is 471 g/mol. The molecule has 170 valence electrons. The number of nitrogens with zero attached hydrogens (tertiary/aromatic N) is 1. The van der Waals surface area contributed by atoms with Crippen molar-refractivity contribution in [2.75, 3.05) is 11.9 Å². The van der Waals surface area contributed by atoms with Crippen molar-refractivity contribution in [2.24, 2.45) is 0 Å². The molecule has 0 spiro atoms. The van der Waals surface area contributed by atoms with Crippen LogP contribution in [0.25, 0.3) is 11.3 Å². The summed E-state index contributed by atoms with van der Waals surface area (Å²) in [7, 11) is -4.32. The number of rotatable bonds is 8. The van der Waals surface area contributed by atoms with E-state index in [1.54, 1.807) is 24.3 Å². The lowest BCUT2D eigenvalue weighted by Crippen LogP contribution is -2.33. The lowest BCUT2D eigenvalue weighted by Gasteiger charge is -2.10. The minimum absolute atomic E-state index is 0.0374. The first-order valence-corrected chi connectivity index (χ1v) is 11.1. The van der Waals surface area contributed by atoms with Crippen molar-refractivity contribution in [3.63, 3.8) is 0 Å². The fourth-order valence-electron chi connectivity index (χ4n) is 2.63. The molecule has 3 rings (SSSR count). The predicted octanol–water partition coefficient (Wildman–Crippen LogP) is 4.41. The molecule has 0 unspecified atom stereocenters. The molecule has 32 heavy (non-hydrogen) atoms. The van der Waals surface area contributed by atoms with Crippen molar-refractivity contribution in [1.29, 1.82) is 0 Å². The number of carbonyl (C=O) groups excluding carboxylic acids is 1. The third kappa shape index (κ3) is 6.55. The molecule has 3 aromatic rings. The average Bonchev–Trinajstić information content (AvgIpc) is 3.20. The third-order valence-electron chi connectivity index (χ3n) is 4.17. The summed E-state index contributed by atoms with van der Waals surface area (Å²) < 4.78 is 67.5. The van der Waals surface area contributed by atoms with Crippen molar-refractivity contribution >= 4 is 33.2 Å². The fraction of sp³-hybridized carbons (Fsp3) is 0.200. The third-order valence-corrected chi connectivity index (χ3v) is 5.92. The van der Waals surface area contributed by atoms with Crippen LogP contribution in [-0.2, 0) is 21.2 Å². The zero-order chi connectivity index (χ0) is 23.4. The van der Waals surface area contributed by atoms with E-state index in [1.165, 1.54) is 23.1 Å². The lowest BCUT2D eigenvalue weighted by atomic mass is 10.2. The van der Waals surface area contributed by atoms with Gasteiger partial charge in [-0.2, -0.15) is 13.2 Å². The van der Waals surface area contributed by atoms with Crippen LogP contribution >= 0.6 is 11.6 Å². The summed E-state index contributed by atoms with van der Waals surface area (Å²) in [6.45, 7) is -1.67. The number of aryl methyl sites for hydroxylation is 1. The highest BCUT2D eigenvalue weighted by Gasteiger charge is 2.30. The number of carbonyl (C=O) groups is 1. The van der Waals surface area contributed by atoms with Gasteiger partial charge >= 0.3 is 6.18 Å². The summed E-state index contributed by atoms with van der Waals surface area (Å²) in [6.07, 6.45) is -2.90. The monoisotopic (exact) mass is 487 g/mol. The minimum atomic E-state index is -4.67. The number of hydrogen-bond acceptors (Lipinski definition) is 5. The van der Waals surface area contributed by atoms with Crippen molar-refractivity contribution in [2.45, 2.75) is 23.9 Å². The Balaban J connectivity index is 1.54. The molecule has 2 aromatic carbocycles. The Hall–Kier alpha value is -2.89. The first-order valence-electron chi connectivity index (χ1n) is 9.19. The number of sulfonamides is 1. The van der Waals surface area contributed by atoms with E-state index in [-0.39, 0.29) is 29.3 Å². The maximum atomic E-state index is 12.2. The minimum Gasteiger partial charge on any atom is -0.441 e. The molecule has 0 aliphatic rings. The number of oxazole rings is 1. The summed E-state index contributed by atoms with van der Waals surface area (Å²) in [5.41, 5.74) is 0.964. The van der Waals surface area contributed by atoms with Gasteiger partial charge in [0.25, 0.3) is 0 Å². The first-order chi connectivity index (χ1) is 15.0. The molecule has 0 saturated heterocycles. The molecule has 1 aromatic heterocycles. The molecule has 0 radical (unpaired) electrons. The summed E-state index contributed by atoms with van der Waals surface area (Å²) in [5.74, 6) is 0.433. The number of hydrogen-bond donors (Lipinski definition) is 2. The second kappa shape index (κ2) is 9.72. The molecule has 0 aliphatic heterocycles. The first kappa shape index (κ1) is 23.8. The van der Waals surface area contributed by atoms with Crippen molar-refractivity contribution in [3.8, 4) is 11.3 Å². The smallest absolute Gasteiger partial charge is 0.402 e. The quantitative estimate of drug-likeness (QED) is 0.490. The molecule has 1 heterocycles. The SMILES string of the molecule is O=C(CCc1ncc(-c2ccccc2Cl)o1)Nc1ccc(S(=O)(=O)NCC(F)(F)F)cc1. The largest absolute Gasteiger partial charge is 0.441 e. The summed E-state index contributed by atoms with van der Waals surface area (Å²) >= 11 is 6.12. The van der Waals surface area contributed by atoms with E-state index in [0.29, 0.717) is 22.2 Å². The number of nitrogens with one attached hydrogen (secondary N) is 2. The van der Waals surface area contributed by atoms with E-state index in [4.69, 9.17) is 16.0 Å². The van der Waals surface area contributed by atoms with Gasteiger partial charge in [0.15, 0.2) is 11.7 Å². The summed E-state index contributed by atoms with van der Waals surface area (Å²) in [6, 6.07) is 11.8. The Labute approximate surface area is 186 Å². The predicted molar refractivity (Wildman–Crippen MR) is 112 cm³/mol. The van der Waals surface area contributed by atoms with E-state index in [1.807, 2.05) is 0 Å². The molecule has 0 aliphatic carbocycles. The van der Waals surface area contributed by atoms with Gasteiger partial charge in [-0.15, -0.1) is 0 Å².